The van der Waals surface area contributed by atoms with Gasteiger partial charge in [0.1, 0.15) is 0 Å². The molecule has 0 unspecified atom stereocenters. The molecule has 0 saturated carbocycles. The van der Waals surface area contributed by atoms with E-state index in [1.54, 1.807) is 0 Å². The molecule has 0 heterocycles. The molecule has 0 amide bonds. The first kappa shape index (κ1) is 12.8. The normalized spacial score (nSPS) is 10.6. The Kier molecular flexibility index (Phi) is 11.6. The lowest BCUT2D eigenvalue weighted by Crippen LogP contribution is -2.31. The summed E-state index contributed by atoms with van der Waals surface area (Å²) in [6, 6.07) is 0. The third-order valence-corrected chi connectivity index (χ3v) is 1.71. The SMILES string of the molecule is NCCCNCCNCCCNN. The maximum Gasteiger partial charge on any atom is 0.0109 e. The maximum absolute atomic E-state index is 5.35. The molecule has 0 aliphatic rings. The molecule has 0 saturated heterocycles. The second-order valence-corrected chi connectivity index (χ2v) is 2.95. The van der Waals surface area contributed by atoms with E-state index in [-0.39, 0.29) is 0 Å². The van der Waals surface area contributed by atoms with Crippen LogP contribution in [0.15, 0.2) is 0 Å². The van der Waals surface area contributed by atoms with Crippen LogP contribution in [0.25, 0.3) is 0 Å². The Bertz CT molecular complexity index is 78.6. The molecular weight excluding hydrogens is 166 g/mol. The number of nitrogens with two attached hydrogens (primary N) is 2. The van der Waals surface area contributed by atoms with E-state index in [0.717, 1.165) is 52.1 Å². The van der Waals surface area contributed by atoms with Crippen LogP contribution < -0.4 is 27.6 Å². The zero-order valence-electron chi connectivity index (χ0n) is 8.31. The van der Waals surface area contributed by atoms with Crippen molar-refractivity contribution in [3.63, 3.8) is 0 Å². The zero-order chi connectivity index (χ0) is 9.78. The maximum atomic E-state index is 5.35. The van der Waals surface area contributed by atoms with Crippen LogP contribution in [0.5, 0.6) is 0 Å². The quantitative estimate of drug-likeness (QED) is 0.162. The molecule has 0 aromatic heterocycles. The number of rotatable bonds is 10. The summed E-state index contributed by atoms with van der Waals surface area (Å²) in [5, 5.41) is 6.60. The lowest BCUT2D eigenvalue weighted by Gasteiger charge is -2.05. The van der Waals surface area contributed by atoms with Crippen LogP contribution in [-0.2, 0) is 0 Å². The summed E-state index contributed by atoms with van der Waals surface area (Å²) in [5.41, 5.74) is 7.97. The monoisotopic (exact) mass is 189 g/mol. The van der Waals surface area contributed by atoms with Gasteiger partial charge in [-0.1, -0.05) is 0 Å². The standard InChI is InChI=1S/C8H23N5/c9-3-1-4-11-7-8-12-5-2-6-13-10/h11-13H,1-10H2. The van der Waals surface area contributed by atoms with Crippen molar-refractivity contribution in [2.45, 2.75) is 12.8 Å². The van der Waals surface area contributed by atoms with Gasteiger partial charge in [-0.2, -0.15) is 0 Å². The lowest BCUT2D eigenvalue weighted by molar-refractivity contribution is 0.573. The first-order valence-corrected chi connectivity index (χ1v) is 4.96. The summed E-state index contributed by atoms with van der Waals surface area (Å²) in [5.74, 6) is 5.12. The molecular formula is C8H23N5. The highest BCUT2D eigenvalue weighted by Crippen LogP contribution is 1.71. The fourth-order valence-electron chi connectivity index (χ4n) is 0.969. The second kappa shape index (κ2) is 11.8. The van der Waals surface area contributed by atoms with Gasteiger partial charge in [0.2, 0.25) is 0 Å². The molecule has 0 aliphatic carbocycles. The second-order valence-electron chi connectivity index (χ2n) is 2.95. The Hall–Kier alpha value is -0.200. The van der Waals surface area contributed by atoms with Gasteiger partial charge in [-0.3, -0.25) is 11.3 Å². The number of nitrogens with one attached hydrogen (secondary N) is 3. The van der Waals surface area contributed by atoms with Crippen molar-refractivity contribution in [1.82, 2.24) is 16.1 Å². The predicted molar refractivity (Wildman–Crippen MR) is 56.2 cm³/mol. The average molecular weight is 189 g/mol. The largest absolute Gasteiger partial charge is 0.330 e. The van der Waals surface area contributed by atoms with E-state index in [2.05, 4.69) is 16.1 Å². The molecule has 80 valence electrons. The molecule has 0 bridgehead atoms. The van der Waals surface area contributed by atoms with Crippen LogP contribution in [0.3, 0.4) is 0 Å². The first-order chi connectivity index (χ1) is 6.41. The van der Waals surface area contributed by atoms with E-state index >= 15 is 0 Å². The highest BCUT2D eigenvalue weighted by atomic mass is 15.2. The van der Waals surface area contributed by atoms with Gasteiger partial charge >= 0.3 is 0 Å². The minimum atomic E-state index is 0.766. The molecule has 0 radical (unpaired) electrons. The Balaban J connectivity index is 2.76. The summed E-state index contributed by atoms with van der Waals surface area (Å²) in [4.78, 5) is 0. The summed E-state index contributed by atoms with van der Waals surface area (Å²) < 4.78 is 0. The van der Waals surface area contributed by atoms with E-state index in [4.69, 9.17) is 11.6 Å². The Morgan fingerprint density at radius 3 is 1.92 bits per heavy atom. The Morgan fingerprint density at radius 2 is 1.38 bits per heavy atom. The molecule has 0 spiro atoms. The van der Waals surface area contributed by atoms with Gasteiger partial charge in [0, 0.05) is 19.6 Å². The van der Waals surface area contributed by atoms with Crippen molar-refractivity contribution >= 4 is 0 Å². The van der Waals surface area contributed by atoms with Crippen LogP contribution >= 0.6 is 0 Å². The van der Waals surface area contributed by atoms with Crippen molar-refractivity contribution in [2.75, 3.05) is 39.3 Å². The topological polar surface area (TPSA) is 88.1 Å². The molecule has 5 heteroatoms. The van der Waals surface area contributed by atoms with E-state index < -0.39 is 0 Å². The molecule has 13 heavy (non-hydrogen) atoms. The summed E-state index contributed by atoms with van der Waals surface area (Å²) in [7, 11) is 0. The molecule has 7 N–H and O–H groups in total. The van der Waals surface area contributed by atoms with Crippen molar-refractivity contribution in [3.05, 3.63) is 0 Å². The van der Waals surface area contributed by atoms with Gasteiger partial charge in [-0.05, 0) is 32.5 Å². The Labute approximate surface area is 80.6 Å². The molecule has 0 aromatic carbocycles. The van der Waals surface area contributed by atoms with E-state index in [1.807, 2.05) is 0 Å². The van der Waals surface area contributed by atoms with Crippen molar-refractivity contribution in [3.8, 4) is 0 Å². The number of hydrogen-bond acceptors (Lipinski definition) is 5. The van der Waals surface area contributed by atoms with Crippen LogP contribution in [0, 0.1) is 0 Å². The number of hydrazine groups is 1. The first-order valence-electron chi connectivity index (χ1n) is 4.96. The highest BCUT2D eigenvalue weighted by Gasteiger charge is 1.87. The van der Waals surface area contributed by atoms with Gasteiger partial charge in [-0.25, -0.2) is 0 Å². The van der Waals surface area contributed by atoms with Gasteiger partial charge in [0.15, 0.2) is 0 Å². The third kappa shape index (κ3) is 11.8. The molecule has 5 nitrogen and oxygen atoms in total. The molecule has 0 aromatic rings. The molecule has 0 atom stereocenters. The fourth-order valence-corrected chi connectivity index (χ4v) is 0.969. The van der Waals surface area contributed by atoms with Crippen molar-refractivity contribution in [2.24, 2.45) is 11.6 Å². The van der Waals surface area contributed by atoms with Crippen LogP contribution in [0.2, 0.25) is 0 Å². The molecule has 0 rings (SSSR count). The smallest absolute Gasteiger partial charge is 0.0109 e. The summed E-state index contributed by atoms with van der Waals surface area (Å²) in [6.07, 6.45) is 2.12. The summed E-state index contributed by atoms with van der Waals surface area (Å²) >= 11 is 0. The zero-order valence-corrected chi connectivity index (χ0v) is 8.31. The van der Waals surface area contributed by atoms with Crippen LogP contribution in [-0.4, -0.2) is 39.3 Å². The van der Waals surface area contributed by atoms with Crippen molar-refractivity contribution in [1.29, 1.82) is 0 Å². The van der Waals surface area contributed by atoms with Crippen molar-refractivity contribution < 1.29 is 0 Å². The van der Waals surface area contributed by atoms with Crippen LogP contribution in [0.1, 0.15) is 12.8 Å². The predicted octanol–water partition coefficient (Wildman–Crippen LogP) is -1.63. The van der Waals surface area contributed by atoms with Gasteiger partial charge < -0.3 is 16.4 Å². The fraction of sp³-hybridized carbons (Fsp3) is 1.00. The summed E-state index contributed by atoms with van der Waals surface area (Å²) in [6.45, 7) is 5.69. The third-order valence-electron chi connectivity index (χ3n) is 1.71. The number of hydrogen-bond donors (Lipinski definition) is 5. The van der Waals surface area contributed by atoms with E-state index in [9.17, 15) is 0 Å². The van der Waals surface area contributed by atoms with Crippen LogP contribution in [0.4, 0.5) is 0 Å². The average Bonchev–Trinajstić information content (AvgIpc) is 2.16. The van der Waals surface area contributed by atoms with E-state index in [1.165, 1.54) is 0 Å². The highest BCUT2D eigenvalue weighted by molar-refractivity contribution is 4.53. The Morgan fingerprint density at radius 1 is 0.769 bits per heavy atom. The van der Waals surface area contributed by atoms with E-state index in [0.29, 0.717) is 0 Å². The van der Waals surface area contributed by atoms with Gasteiger partial charge in [0.05, 0.1) is 0 Å². The molecule has 0 fully saturated rings. The lowest BCUT2D eigenvalue weighted by atomic mass is 10.4. The van der Waals surface area contributed by atoms with Gasteiger partial charge in [0.25, 0.3) is 0 Å². The van der Waals surface area contributed by atoms with Gasteiger partial charge in [-0.15, -0.1) is 0 Å². The minimum Gasteiger partial charge on any atom is -0.330 e. The molecule has 0 aliphatic heterocycles. The minimum absolute atomic E-state index is 0.766.